The van der Waals surface area contributed by atoms with Crippen molar-refractivity contribution in [1.82, 2.24) is 4.90 Å². The summed E-state index contributed by atoms with van der Waals surface area (Å²) >= 11 is 0. The van der Waals surface area contributed by atoms with Crippen molar-refractivity contribution in [1.29, 1.82) is 0 Å². The summed E-state index contributed by atoms with van der Waals surface area (Å²) in [6.45, 7) is -0.415. The van der Waals surface area contributed by atoms with Gasteiger partial charge in [-0.05, 0) is 36.5 Å². The molecule has 2 N–H and O–H groups in total. The number of allylic oxidation sites excluding steroid dienone is 2. The number of aliphatic hydroxyl groups is 1. The van der Waals surface area contributed by atoms with Crippen LogP contribution in [-0.2, 0) is 9.59 Å². The quantitative estimate of drug-likeness (QED) is 0.370. The lowest BCUT2D eigenvalue weighted by atomic mass is 9.78. The lowest BCUT2D eigenvalue weighted by Crippen LogP contribution is -2.31. The number of carboxylic acid groups (broad SMARTS) is 1. The number of fused-ring (bicyclic) bond motifs is 1. The van der Waals surface area contributed by atoms with Crippen LogP contribution < -0.4 is 0 Å². The molecular weight excluding hydrogens is 436 g/mol. The number of hydrogen-bond donors (Lipinski definition) is 2. The smallest absolute Gasteiger partial charge is 0.325 e. The van der Waals surface area contributed by atoms with Gasteiger partial charge in [-0.2, -0.15) is 0 Å². The second-order valence-corrected chi connectivity index (χ2v) is 8.33. The second kappa shape index (κ2) is 9.82. The Morgan fingerprint density at radius 2 is 1.53 bits per heavy atom. The number of benzene rings is 2. The molecule has 1 unspecified atom stereocenters. The maximum absolute atomic E-state index is 13.0. The first-order valence-electron chi connectivity index (χ1n) is 11.1. The molecule has 0 saturated heterocycles. The summed E-state index contributed by atoms with van der Waals surface area (Å²) in [5.74, 6) is -2.55. The molecule has 0 spiro atoms. The number of nitrogens with zero attached hydrogens (tertiary/aromatic N) is 2. The van der Waals surface area contributed by atoms with E-state index in [4.69, 9.17) is 5.11 Å². The van der Waals surface area contributed by atoms with E-state index >= 15 is 0 Å². The van der Waals surface area contributed by atoms with E-state index in [1.807, 2.05) is 30.3 Å². The lowest BCUT2D eigenvalue weighted by molar-refractivity contribution is -0.135. The van der Waals surface area contributed by atoms with E-state index in [-0.39, 0.29) is 66.4 Å². The number of aliphatic imine (C=N–C) groups is 1. The normalized spacial score (nSPS) is 20.6. The van der Waals surface area contributed by atoms with E-state index in [9.17, 15) is 24.3 Å². The van der Waals surface area contributed by atoms with Crippen LogP contribution in [0.25, 0.3) is 0 Å². The van der Waals surface area contributed by atoms with Crippen LogP contribution in [0.15, 0.2) is 70.9 Å². The number of aliphatic hydroxyl groups excluding tert-OH is 1. The molecule has 1 heterocycles. The number of carbonyl (C=O) groups excluding carboxylic acids is 3. The zero-order chi connectivity index (χ0) is 24.2. The van der Waals surface area contributed by atoms with Crippen LogP contribution in [0.2, 0.25) is 0 Å². The average Bonchev–Trinajstić information content (AvgIpc) is 3.08. The Morgan fingerprint density at radius 3 is 2.15 bits per heavy atom. The molecule has 1 aliphatic heterocycles. The third-order valence-electron chi connectivity index (χ3n) is 6.08. The number of ketones is 1. The fourth-order valence-electron chi connectivity index (χ4n) is 4.46. The van der Waals surface area contributed by atoms with Crippen molar-refractivity contribution in [3.63, 3.8) is 0 Å². The van der Waals surface area contributed by atoms with Gasteiger partial charge in [-0.3, -0.25) is 29.1 Å². The van der Waals surface area contributed by atoms with Crippen LogP contribution in [-0.4, -0.2) is 57.5 Å². The van der Waals surface area contributed by atoms with Gasteiger partial charge in [0.25, 0.3) is 11.8 Å². The minimum Gasteiger partial charge on any atom is -0.511 e. The molecule has 0 radical (unpaired) electrons. The average molecular weight is 460 g/mol. The second-order valence-electron chi connectivity index (χ2n) is 8.33. The summed E-state index contributed by atoms with van der Waals surface area (Å²) in [5.41, 5.74) is 1.98. The van der Waals surface area contributed by atoms with Crippen LogP contribution in [0, 0.1) is 0 Å². The van der Waals surface area contributed by atoms with Crippen molar-refractivity contribution in [2.45, 2.75) is 31.6 Å². The molecule has 0 bridgehead atoms. The largest absolute Gasteiger partial charge is 0.511 e. The van der Waals surface area contributed by atoms with Crippen molar-refractivity contribution >= 4 is 29.3 Å². The number of hydrogen-bond acceptors (Lipinski definition) is 6. The predicted octanol–water partition coefficient (Wildman–Crippen LogP) is 3.55. The van der Waals surface area contributed by atoms with Crippen molar-refractivity contribution < 1.29 is 29.4 Å². The maximum atomic E-state index is 13.0. The predicted molar refractivity (Wildman–Crippen MR) is 124 cm³/mol. The fourth-order valence-corrected chi connectivity index (χ4v) is 4.46. The number of rotatable bonds is 7. The SMILES string of the molecule is O=C(O)CN=C1CC(c2ccccc2)CC(=O)/C1=C(/O)CCCN1C(=O)c2ccccc2C1=O. The van der Waals surface area contributed by atoms with Gasteiger partial charge in [0, 0.05) is 19.4 Å². The van der Waals surface area contributed by atoms with Crippen LogP contribution >= 0.6 is 0 Å². The number of carbonyl (C=O) groups is 4. The molecule has 1 fully saturated rings. The summed E-state index contributed by atoms with van der Waals surface area (Å²) in [6, 6.07) is 16.0. The summed E-state index contributed by atoms with van der Waals surface area (Å²) in [7, 11) is 0. The monoisotopic (exact) mass is 460 g/mol. The van der Waals surface area contributed by atoms with E-state index in [1.165, 1.54) is 0 Å². The van der Waals surface area contributed by atoms with Gasteiger partial charge in [0.15, 0.2) is 5.78 Å². The number of Topliss-reactive ketones (excluding diaryl/α,β-unsaturated/α-hetero) is 1. The highest BCUT2D eigenvalue weighted by Gasteiger charge is 2.35. The molecule has 1 saturated carbocycles. The molecule has 1 aliphatic carbocycles. The molecule has 4 rings (SSSR count). The molecule has 8 nitrogen and oxygen atoms in total. The van der Waals surface area contributed by atoms with E-state index in [0.717, 1.165) is 10.5 Å². The Balaban J connectivity index is 1.49. The Kier molecular flexibility index (Phi) is 6.67. The Morgan fingerprint density at radius 1 is 0.912 bits per heavy atom. The molecule has 2 aromatic carbocycles. The highest BCUT2D eigenvalue weighted by atomic mass is 16.4. The molecule has 1 atom stereocenters. The highest BCUT2D eigenvalue weighted by molar-refractivity contribution is 6.25. The minimum atomic E-state index is -1.13. The standard InChI is InChI=1S/C26H24N2O6/c29-21(11-6-12-28-25(33)18-9-4-5-10-19(18)26(28)34)24-20(27-15-23(31)32)13-17(14-22(24)30)16-7-2-1-3-8-16/h1-5,7-10,17,29H,6,11-15H2,(H,31,32)/b24-21+,27-20?. The number of imide groups is 1. The van der Waals surface area contributed by atoms with Gasteiger partial charge in [-0.15, -0.1) is 0 Å². The first kappa shape index (κ1) is 23.1. The molecule has 174 valence electrons. The van der Waals surface area contributed by atoms with Gasteiger partial charge in [0.2, 0.25) is 0 Å². The summed E-state index contributed by atoms with van der Waals surface area (Å²) in [5, 5.41) is 19.8. The molecular formula is C26H24N2O6. The van der Waals surface area contributed by atoms with E-state index in [0.29, 0.717) is 17.5 Å². The zero-order valence-electron chi connectivity index (χ0n) is 18.4. The first-order chi connectivity index (χ1) is 16.4. The van der Waals surface area contributed by atoms with Crippen LogP contribution in [0.1, 0.15) is 57.9 Å². The third kappa shape index (κ3) is 4.66. The molecule has 0 aromatic heterocycles. The van der Waals surface area contributed by atoms with Gasteiger partial charge in [-0.1, -0.05) is 42.5 Å². The summed E-state index contributed by atoms with van der Waals surface area (Å²) < 4.78 is 0. The fraction of sp³-hybridized carbons (Fsp3) is 0.269. The van der Waals surface area contributed by atoms with Gasteiger partial charge < -0.3 is 10.2 Å². The molecule has 8 heteroatoms. The van der Waals surface area contributed by atoms with E-state index in [1.54, 1.807) is 24.3 Å². The zero-order valence-corrected chi connectivity index (χ0v) is 18.4. The number of carboxylic acids is 1. The first-order valence-corrected chi connectivity index (χ1v) is 11.1. The molecule has 2 aliphatic rings. The van der Waals surface area contributed by atoms with Gasteiger partial charge in [0.05, 0.1) is 22.4 Å². The molecule has 2 amide bonds. The lowest BCUT2D eigenvalue weighted by Gasteiger charge is -2.26. The summed E-state index contributed by atoms with van der Waals surface area (Å²) in [6.07, 6.45) is 0.813. The van der Waals surface area contributed by atoms with Gasteiger partial charge in [-0.25, -0.2) is 0 Å². The van der Waals surface area contributed by atoms with Crippen LogP contribution in [0.3, 0.4) is 0 Å². The van der Waals surface area contributed by atoms with E-state index in [2.05, 4.69) is 4.99 Å². The molecule has 34 heavy (non-hydrogen) atoms. The van der Waals surface area contributed by atoms with E-state index < -0.39 is 12.5 Å². The third-order valence-corrected chi connectivity index (χ3v) is 6.08. The van der Waals surface area contributed by atoms with Crippen molar-refractivity contribution in [2.75, 3.05) is 13.1 Å². The highest BCUT2D eigenvalue weighted by Crippen LogP contribution is 2.34. The Bertz CT molecular complexity index is 1180. The van der Waals surface area contributed by atoms with Crippen LogP contribution in [0.4, 0.5) is 0 Å². The maximum Gasteiger partial charge on any atom is 0.325 e. The topological polar surface area (TPSA) is 124 Å². The minimum absolute atomic E-state index is 0.0517. The Hall–Kier alpha value is -4.07. The molecule has 2 aromatic rings. The Labute approximate surface area is 196 Å². The van der Waals surface area contributed by atoms with Crippen molar-refractivity contribution in [3.05, 3.63) is 82.6 Å². The van der Waals surface area contributed by atoms with Crippen molar-refractivity contribution in [3.8, 4) is 0 Å². The number of aliphatic carboxylic acids is 1. The summed E-state index contributed by atoms with van der Waals surface area (Å²) in [4.78, 5) is 54.3. The number of amides is 2. The van der Waals surface area contributed by atoms with Gasteiger partial charge >= 0.3 is 5.97 Å². The van der Waals surface area contributed by atoms with Crippen LogP contribution in [0.5, 0.6) is 0 Å². The van der Waals surface area contributed by atoms with Crippen molar-refractivity contribution in [2.24, 2.45) is 4.99 Å². The van der Waals surface area contributed by atoms with Gasteiger partial charge in [0.1, 0.15) is 12.3 Å².